The number of imidazole rings is 1. The quantitative estimate of drug-likeness (QED) is 0.559. The van der Waals surface area contributed by atoms with Crippen molar-refractivity contribution in [2.75, 3.05) is 6.54 Å². The second kappa shape index (κ2) is 9.02. The van der Waals surface area contributed by atoms with Crippen molar-refractivity contribution in [1.29, 1.82) is 0 Å². The molecule has 0 radical (unpaired) electrons. The molecule has 0 aliphatic carbocycles. The molecule has 0 spiro atoms. The van der Waals surface area contributed by atoms with E-state index in [1.807, 2.05) is 20.8 Å². The Labute approximate surface area is 197 Å². The van der Waals surface area contributed by atoms with Crippen molar-refractivity contribution in [2.24, 2.45) is 0 Å². The molecule has 0 saturated carbocycles. The third-order valence-corrected chi connectivity index (χ3v) is 5.67. The van der Waals surface area contributed by atoms with Crippen molar-refractivity contribution in [3.05, 3.63) is 89.2 Å². The number of rotatable bonds is 5. The Kier molecular flexibility index (Phi) is 6.27. The number of amides is 1. The third-order valence-electron chi connectivity index (χ3n) is 5.67. The maximum absolute atomic E-state index is 14.8. The summed E-state index contributed by atoms with van der Waals surface area (Å²) in [6.45, 7) is 7.27. The van der Waals surface area contributed by atoms with Crippen LogP contribution in [-0.4, -0.2) is 43.7 Å². The molecule has 178 valence electrons. The van der Waals surface area contributed by atoms with Gasteiger partial charge in [-0.25, -0.2) is 13.8 Å². The Balaban J connectivity index is 1.68. The summed E-state index contributed by atoms with van der Waals surface area (Å²) in [6.07, 6.45) is 3.83. The van der Waals surface area contributed by atoms with Crippen LogP contribution >= 0.6 is 0 Å². The Morgan fingerprint density at radius 3 is 2.47 bits per heavy atom. The molecular weight excluding hydrogens is 440 g/mol. The van der Waals surface area contributed by atoms with Crippen LogP contribution < -0.4 is 0 Å². The van der Waals surface area contributed by atoms with Crippen LogP contribution in [0, 0.1) is 18.6 Å². The van der Waals surface area contributed by atoms with Crippen molar-refractivity contribution in [3.63, 3.8) is 0 Å². The number of halogens is 2. The van der Waals surface area contributed by atoms with E-state index in [4.69, 9.17) is 4.74 Å². The maximum atomic E-state index is 14.8. The summed E-state index contributed by atoms with van der Waals surface area (Å²) < 4.78 is 35.8. The van der Waals surface area contributed by atoms with Gasteiger partial charge in [0, 0.05) is 6.20 Å². The summed E-state index contributed by atoms with van der Waals surface area (Å²) in [5, 5.41) is 10.5. The predicted octanol–water partition coefficient (Wildman–Crippen LogP) is 4.56. The van der Waals surface area contributed by atoms with E-state index in [2.05, 4.69) is 4.98 Å². The van der Waals surface area contributed by atoms with Gasteiger partial charge >= 0.3 is 0 Å². The fraction of sp³-hybridized carbons (Fsp3) is 0.308. The van der Waals surface area contributed by atoms with Gasteiger partial charge < -0.3 is 19.3 Å². The van der Waals surface area contributed by atoms with E-state index in [1.54, 1.807) is 42.0 Å². The smallest absolute Gasteiger partial charge is 0.289 e. The monoisotopic (exact) mass is 467 g/mol. The van der Waals surface area contributed by atoms with Gasteiger partial charge in [0.2, 0.25) is 0 Å². The number of carbonyl (C=O) groups excluding carboxylic acids is 1. The van der Waals surface area contributed by atoms with Crippen LogP contribution in [0.25, 0.3) is 11.8 Å². The molecule has 0 unspecified atom stereocenters. The van der Waals surface area contributed by atoms with Crippen LogP contribution in [0.1, 0.15) is 43.6 Å². The molecule has 2 heterocycles. The van der Waals surface area contributed by atoms with Crippen LogP contribution in [0.4, 0.5) is 8.78 Å². The van der Waals surface area contributed by atoms with Crippen LogP contribution in [0.2, 0.25) is 0 Å². The van der Waals surface area contributed by atoms with E-state index in [9.17, 15) is 18.7 Å². The Morgan fingerprint density at radius 2 is 1.88 bits per heavy atom. The molecule has 6 nitrogen and oxygen atoms in total. The largest absolute Gasteiger partial charge is 0.480 e. The van der Waals surface area contributed by atoms with Gasteiger partial charge in [-0.15, -0.1) is 0 Å². The van der Waals surface area contributed by atoms with E-state index < -0.39 is 35.3 Å². The van der Waals surface area contributed by atoms with Crippen molar-refractivity contribution in [3.8, 4) is 5.69 Å². The summed E-state index contributed by atoms with van der Waals surface area (Å²) in [4.78, 5) is 19.1. The standard InChI is InChI=1S/C26H27F2N3O3/c1-16-13-30(15-29-16)22-10-5-18(11-21(22)28)12-23-25(33)31(14-26(3,4)34-23)24(17(2)32)19-6-8-20(27)9-7-19/h5-13,15,17,24,32H,14H2,1-4H3/t17-,24+/m1/s1. The number of aryl methyl sites for hydroxylation is 1. The van der Waals surface area contributed by atoms with Gasteiger partial charge in [-0.2, -0.15) is 0 Å². The molecule has 2 aromatic carbocycles. The average molecular weight is 468 g/mol. The molecule has 1 saturated heterocycles. The van der Waals surface area contributed by atoms with E-state index in [1.165, 1.54) is 35.5 Å². The zero-order chi connectivity index (χ0) is 24.6. The van der Waals surface area contributed by atoms with E-state index in [-0.39, 0.29) is 12.3 Å². The molecule has 3 aromatic rings. The lowest BCUT2D eigenvalue weighted by molar-refractivity contribution is -0.153. The number of morpholine rings is 1. The molecule has 1 amide bonds. The van der Waals surface area contributed by atoms with E-state index in [0.717, 1.165) is 5.69 Å². The topological polar surface area (TPSA) is 67.6 Å². The number of aromatic nitrogens is 2. The summed E-state index contributed by atoms with van der Waals surface area (Å²) in [5.41, 5.74) is 1.40. The van der Waals surface area contributed by atoms with Crippen LogP contribution in [-0.2, 0) is 9.53 Å². The Hall–Kier alpha value is -3.52. The Bertz CT molecular complexity index is 1230. The van der Waals surface area contributed by atoms with Crippen LogP contribution in [0.5, 0.6) is 0 Å². The number of aliphatic hydroxyl groups excluding tert-OH is 1. The molecule has 1 fully saturated rings. The lowest BCUT2D eigenvalue weighted by Crippen LogP contribution is -2.53. The molecule has 2 atom stereocenters. The molecule has 1 aliphatic heterocycles. The van der Waals surface area contributed by atoms with Gasteiger partial charge in [0.25, 0.3) is 5.91 Å². The fourth-order valence-corrected chi connectivity index (χ4v) is 4.22. The number of carbonyl (C=O) groups is 1. The number of hydrogen-bond donors (Lipinski definition) is 1. The third kappa shape index (κ3) is 4.87. The second-order valence-corrected chi connectivity index (χ2v) is 9.17. The zero-order valence-electron chi connectivity index (χ0n) is 19.5. The highest BCUT2D eigenvalue weighted by Crippen LogP contribution is 2.34. The van der Waals surface area contributed by atoms with Crippen LogP contribution in [0.15, 0.2) is 60.7 Å². The van der Waals surface area contributed by atoms with E-state index in [0.29, 0.717) is 16.8 Å². The summed E-state index contributed by atoms with van der Waals surface area (Å²) in [5.74, 6) is -1.28. The van der Waals surface area contributed by atoms with Gasteiger partial charge in [-0.3, -0.25) is 4.79 Å². The Morgan fingerprint density at radius 1 is 1.18 bits per heavy atom. The van der Waals surface area contributed by atoms with Gasteiger partial charge in [0.15, 0.2) is 5.76 Å². The lowest BCUT2D eigenvalue weighted by Gasteiger charge is -2.44. The minimum absolute atomic E-state index is 0.0367. The molecule has 1 aromatic heterocycles. The lowest BCUT2D eigenvalue weighted by atomic mass is 9.96. The first kappa shape index (κ1) is 23.6. The highest BCUT2D eigenvalue weighted by molar-refractivity contribution is 5.97. The molecule has 8 heteroatoms. The van der Waals surface area contributed by atoms with Crippen molar-refractivity contribution < 1.29 is 23.4 Å². The number of ether oxygens (including phenoxy) is 1. The minimum Gasteiger partial charge on any atom is -0.480 e. The number of benzene rings is 2. The number of nitrogens with zero attached hydrogens (tertiary/aromatic N) is 3. The highest BCUT2D eigenvalue weighted by Gasteiger charge is 2.41. The van der Waals surface area contributed by atoms with Crippen LogP contribution in [0.3, 0.4) is 0 Å². The normalized spacial score (nSPS) is 18.6. The SMILES string of the molecule is Cc1cn(-c2ccc(C=C3OC(C)(C)CN([C@H](c4ccc(F)cc4)[C@@H](C)O)C3=O)cc2F)cn1. The van der Waals surface area contributed by atoms with E-state index >= 15 is 0 Å². The maximum Gasteiger partial charge on any atom is 0.289 e. The molecule has 34 heavy (non-hydrogen) atoms. The molecule has 1 N–H and O–H groups in total. The first-order valence-electron chi connectivity index (χ1n) is 11.0. The van der Waals surface area contributed by atoms with Crippen molar-refractivity contribution >= 4 is 12.0 Å². The second-order valence-electron chi connectivity index (χ2n) is 9.17. The first-order chi connectivity index (χ1) is 16.0. The molecular formula is C26H27F2N3O3. The first-order valence-corrected chi connectivity index (χ1v) is 11.0. The number of hydrogen-bond acceptors (Lipinski definition) is 4. The zero-order valence-corrected chi connectivity index (χ0v) is 19.5. The minimum atomic E-state index is -0.917. The van der Waals surface area contributed by atoms with Crippen molar-refractivity contribution in [1.82, 2.24) is 14.5 Å². The highest BCUT2D eigenvalue weighted by atomic mass is 19.1. The molecule has 1 aliphatic rings. The summed E-state index contributed by atoms with van der Waals surface area (Å²) in [6, 6.07) is 9.61. The van der Waals surface area contributed by atoms with Gasteiger partial charge in [-0.05, 0) is 69.2 Å². The summed E-state index contributed by atoms with van der Waals surface area (Å²) >= 11 is 0. The predicted molar refractivity (Wildman–Crippen MR) is 124 cm³/mol. The molecule has 4 rings (SSSR count). The fourth-order valence-electron chi connectivity index (χ4n) is 4.22. The summed E-state index contributed by atoms with van der Waals surface area (Å²) in [7, 11) is 0. The van der Waals surface area contributed by atoms with Gasteiger partial charge in [0.1, 0.15) is 17.2 Å². The number of aliphatic hydroxyl groups is 1. The van der Waals surface area contributed by atoms with Gasteiger partial charge in [0.05, 0.1) is 36.4 Å². The van der Waals surface area contributed by atoms with Crippen molar-refractivity contribution in [2.45, 2.75) is 45.4 Å². The van der Waals surface area contributed by atoms with Gasteiger partial charge in [-0.1, -0.05) is 18.2 Å². The molecule has 0 bridgehead atoms. The average Bonchev–Trinajstić information content (AvgIpc) is 3.18.